The van der Waals surface area contributed by atoms with Gasteiger partial charge in [0.05, 0.1) is 0 Å². The Morgan fingerprint density at radius 2 is 0.966 bits per heavy atom. The van der Waals surface area contributed by atoms with Crippen molar-refractivity contribution < 1.29 is 14.6 Å². The van der Waals surface area contributed by atoms with Crippen LogP contribution in [-0.2, 0) is 15.6 Å². The van der Waals surface area contributed by atoms with Crippen LogP contribution in [0.1, 0.15) is 56.9 Å². The van der Waals surface area contributed by atoms with E-state index in [0.29, 0.717) is 5.75 Å². The number of rotatable bonds is 5. The summed E-state index contributed by atoms with van der Waals surface area (Å²) in [5, 5.41) is 9.56. The van der Waals surface area contributed by atoms with Crippen molar-refractivity contribution in [2.45, 2.75) is 45.4 Å². The van der Waals surface area contributed by atoms with Gasteiger partial charge in [-0.2, -0.15) is 0 Å². The second-order valence-corrected chi connectivity index (χ2v) is 8.49. The number of esters is 1. The van der Waals surface area contributed by atoms with Gasteiger partial charge in [-0.05, 0) is 46.5 Å². The molecular weight excluding hydrogens is 360 g/mol. The average molecular weight is 389 g/mol. The monoisotopic (exact) mass is 388 g/mol. The summed E-state index contributed by atoms with van der Waals surface area (Å²) in [4.78, 5) is 11.1. The van der Waals surface area contributed by atoms with Crippen molar-refractivity contribution >= 4 is 5.97 Å². The fourth-order valence-corrected chi connectivity index (χ4v) is 3.62. The Balaban J connectivity index is 1.86. The first-order valence-corrected chi connectivity index (χ1v) is 9.80. The number of hydrogen-bond donors (Lipinski definition) is 1. The minimum Gasteiger partial charge on any atom is -0.508 e. The second kappa shape index (κ2) is 7.75. The van der Waals surface area contributed by atoms with E-state index in [1.165, 1.54) is 18.1 Å². The van der Waals surface area contributed by atoms with Crippen LogP contribution in [0.2, 0.25) is 0 Å². The van der Waals surface area contributed by atoms with E-state index in [9.17, 15) is 9.90 Å². The predicted octanol–water partition coefficient (Wildman–Crippen LogP) is 5.97. The molecule has 29 heavy (non-hydrogen) atoms. The molecule has 3 nitrogen and oxygen atoms in total. The molecular formula is C26H28O3. The van der Waals surface area contributed by atoms with Crippen molar-refractivity contribution in [1.29, 1.82) is 0 Å². The van der Waals surface area contributed by atoms with Gasteiger partial charge in [-0.25, -0.2) is 0 Å². The van der Waals surface area contributed by atoms with Crippen LogP contribution in [0.4, 0.5) is 0 Å². The van der Waals surface area contributed by atoms with Gasteiger partial charge in [0.2, 0.25) is 0 Å². The van der Waals surface area contributed by atoms with Gasteiger partial charge in [-0.15, -0.1) is 0 Å². The zero-order valence-corrected chi connectivity index (χ0v) is 17.7. The Bertz CT molecular complexity index is 980. The number of benzene rings is 3. The van der Waals surface area contributed by atoms with Crippen LogP contribution < -0.4 is 4.74 Å². The molecule has 3 aromatic rings. The number of phenols is 1. The molecule has 3 heteroatoms. The largest absolute Gasteiger partial charge is 0.508 e. The summed E-state index contributed by atoms with van der Waals surface area (Å²) in [5.74, 6) is 0.522. The lowest BCUT2D eigenvalue weighted by molar-refractivity contribution is -0.131. The Hall–Kier alpha value is -3.07. The summed E-state index contributed by atoms with van der Waals surface area (Å²) in [6.45, 7) is 10.2. The summed E-state index contributed by atoms with van der Waals surface area (Å²) in [6.07, 6.45) is 0. The van der Waals surface area contributed by atoms with Gasteiger partial charge >= 0.3 is 5.97 Å². The lowest BCUT2D eigenvalue weighted by Crippen LogP contribution is -2.21. The molecule has 1 N–H and O–H groups in total. The highest BCUT2D eigenvalue weighted by Gasteiger charge is 2.26. The third kappa shape index (κ3) is 4.34. The molecule has 0 unspecified atom stereocenters. The molecule has 3 aromatic carbocycles. The molecule has 3 rings (SSSR count). The zero-order valence-electron chi connectivity index (χ0n) is 17.7. The van der Waals surface area contributed by atoms with Crippen molar-refractivity contribution in [2.75, 3.05) is 0 Å². The van der Waals surface area contributed by atoms with Crippen LogP contribution in [0.5, 0.6) is 11.5 Å². The van der Waals surface area contributed by atoms with E-state index in [1.54, 1.807) is 12.1 Å². The highest BCUT2D eigenvalue weighted by Crippen LogP contribution is 2.36. The molecule has 0 aliphatic heterocycles. The first kappa shape index (κ1) is 20.7. The van der Waals surface area contributed by atoms with Crippen molar-refractivity contribution in [2.24, 2.45) is 0 Å². The Labute approximate surface area is 173 Å². The van der Waals surface area contributed by atoms with Gasteiger partial charge in [-0.3, -0.25) is 4.79 Å². The summed E-state index contributed by atoms with van der Waals surface area (Å²) >= 11 is 0. The van der Waals surface area contributed by atoms with Crippen LogP contribution in [0.3, 0.4) is 0 Å². The number of ether oxygens (including phenoxy) is 1. The molecule has 0 fully saturated rings. The number of hydrogen-bond acceptors (Lipinski definition) is 3. The van der Waals surface area contributed by atoms with Crippen LogP contribution in [-0.4, -0.2) is 11.1 Å². The molecule has 0 radical (unpaired) electrons. The highest BCUT2D eigenvalue weighted by molar-refractivity contribution is 5.69. The molecule has 0 saturated heterocycles. The Kier molecular flexibility index (Phi) is 5.52. The average Bonchev–Trinajstić information content (AvgIpc) is 2.68. The summed E-state index contributed by atoms with van der Waals surface area (Å²) < 4.78 is 5.14. The number of aromatic hydroxyl groups is 1. The quantitative estimate of drug-likeness (QED) is 0.433. The van der Waals surface area contributed by atoms with E-state index in [2.05, 4.69) is 52.0 Å². The predicted molar refractivity (Wildman–Crippen MR) is 117 cm³/mol. The SMILES string of the molecule is CC(=O)Oc1ccc(C(C)(C)c2ccc(C(C)(C)c3ccc(O)cc3)cc2)cc1. The zero-order chi connectivity index (χ0) is 21.2. The van der Waals surface area contributed by atoms with Gasteiger partial charge in [-0.1, -0.05) is 76.2 Å². The Morgan fingerprint density at radius 1 is 0.655 bits per heavy atom. The molecule has 0 aliphatic rings. The molecule has 0 bridgehead atoms. The van der Waals surface area contributed by atoms with Gasteiger partial charge in [0, 0.05) is 17.8 Å². The summed E-state index contributed by atoms with van der Waals surface area (Å²) in [7, 11) is 0. The van der Waals surface area contributed by atoms with Crippen molar-refractivity contribution in [3.8, 4) is 11.5 Å². The van der Waals surface area contributed by atoms with Crippen LogP contribution in [0.25, 0.3) is 0 Å². The van der Waals surface area contributed by atoms with E-state index in [4.69, 9.17) is 4.74 Å². The third-order valence-corrected chi connectivity index (χ3v) is 5.75. The van der Waals surface area contributed by atoms with Crippen LogP contribution in [0.15, 0.2) is 72.8 Å². The molecule has 0 atom stereocenters. The van der Waals surface area contributed by atoms with Gasteiger partial charge in [0.15, 0.2) is 0 Å². The third-order valence-electron chi connectivity index (χ3n) is 5.75. The van der Waals surface area contributed by atoms with Crippen molar-refractivity contribution in [3.63, 3.8) is 0 Å². The smallest absolute Gasteiger partial charge is 0.308 e. The molecule has 0 amide bonds. The summed E-state index contributed by atoms with van der Waals surface area (Å²) in [6, 6.07) is 23.8. The standard InChI is InChI=1S/C26H28O3/c1-18(27)29-24-16-12-22(13-17-24)26(4,5)20-8-6-19(7-9-20)25(2,3)21-10-14-23(28)15-11-21/h6-17,28H,1-5H3. The van der Waals surface area contributed by atoms with E-state index < -0.39 is 0 Å². The number of carbonyl (C=O) groups excluding carboxylic acids is 1. The van der Waals surface area contributed by atoms with E-state index in [-0.39, 0.29) is 22.5 Å². The molecule has 0 spiro atoms. The topological polar surface area (TPSA) is 46.5 Å². The normalized spacial score (nSPS) is 11.9. The molecule has 0 aliphatic carbocycles. The highest BCUT2D eigenvalue weighted by atomic mass is 16.5. The Morgan fingerprint density at radius 3 is 1.31 bits per heavy atom. The molecule has 150 valence electrons. The second-order valence-electron chi connectivity index (χ2n) is 8.49. The number of carbonyl (C=O) groups is 1. The first-order valence-electron chi connectivity index (χ1n) is 9.80. The fraction of sp³-hybridized carbons (Fsp3) is 0.269. The van der Waals surface area contributed by atoms with Crippen molar-refractivity contribution in [3.05, 3.63) is 95.1 Å². The van der Waals surface area contributed by atoms with Gasteiger partial charge in [0.25, 0.3) is 0 Å². The van der Waals surface area contributed by atoms with E-state index in [1.807, 2.05) is 36.4 Å². The maximum absolute atomic E-state index is 11.1. The fourth-order valence-electron chi connectivity index (χ4n) is 3.62. The van der Waals surface area contributed by atoms with E-state index >= 15 is 0 Å². The molecule has 0 aromatic heterocycles. The van der Waals surface area contributed by atoms with Crippen molar-refractivity contribution in [1.82, 2.24) is 0 Å². The van der Waals surface area contributed by atoms with Gasteiger partial charge < -0.3 is 9.84 Å². The minimum absolute atomic E-state index is 0.165. The van der Waals surface area contributed by atoms with Crippen LogP contribution in [0, 0.1) is 0 Å². The molecule has 0 heterocycles. The minimum atomic E-state index is -0.316. The van der Waals surface area contributed by atoms with Crippen LogP contribution >= 0.6 is 0 Å². The number of phenolic OH excluding ortho intramolecular Hbond substituents is 1. The molecule has 0 saturated carbocycles. The summed E-state index contributed by atoms with van der Waals surface area (Å²) in [5.41, 5.74) is 4.39. The van der Waals surface area contributed by atoms with Gasteiger partial charge in [0.1, 0.15) is 11.5 Å². The lowest BCUT2D eigenvalue weighted by Gasteiger charge is -2.29. The first-order chi connectivity index (χ1) is 13.6. The maximum Gasteiger partial charge on any atom is 0.308 e. The maximum atomic E-state index is 11.1. The lowest BCUT2D eigenvalue weighted by atomic mass is 9.74. The van der Waals surface area contributed by atoms with E-state index in [0.717, 1.165) is 11.1 Å².